The van der Waals surface area contributed by atoms with Crippen molar-refractivity contribution in [3.63, 3.8) is 0 Å². The number of carbonyl (C=O) groups is 4. The summed E-state index contributed by atoms with van der Waals surface area (Å²) in [5.74, 6) is -2.71. The molecule has 2 aromatic carbocycles. The SMILES string of the molecule is CCC(=O)Oc1ccc(N2C(=O)c3ccc(C(=O)[O-])cc3C2=O)cc1. The average Bonchev–Trinajstić information content (AvgIpc) is 2.86. The number of esters is 1. The number of anilines is 1. The van der Waals surface area contributed by atoms with Gasteiger partial charge < -0.3 is 14.6 Å². The number of fused-ring (bicyclic) bond motifs is 1. The number of carbonyl (C=O) groups excluding carboxylic acids is 4. The van der Waals surface area contributed by atoms with E-state index in [4.69, 9.17) is 4.74 Å². The second kappa shape index (κ2) is 6.20. The third-order valence-electron chi connectivity index (χ3n) is 3.74. The molecule has 0 saturated heterocycles. The summed E-state index contributed by atoms with van der Waals surface area (Å²) >= 11 is 0. The molecule has 3 rings (SSSR count). The number of hydrogen-bond donors (Lipinski definition) is 0. The van der Waals surface area contributed by atoms with Crippen molar-refractivity contribution in [2.75, 3.05) is 4.90 Å². The number of carboxylic acid groups (broad SMARTS) is 1. The molecule has 0 aromatic heterocycles. The van der Waals surface area contributed by atoms with Crippen LogP contribution in [0.3, 0.4) is 0 Å². The van der Waals surface area contributed by atoms with Crippen molar-refractivity contribution in [3.05, 3.63) is 59.2 Å². The summed E-state index contributed by atoms with van der Waals surface area (Å²) in [6.45, 7) is 1.66. The first-order chi connectivity index (χ1) is 11.9. The second-order valence-electron chi connectivity index (χ2n) is 5.32. The molecule has 0 radical (unpaired) electrons. The van der Waals surface area contributed by atoms with Gasteiger partial charge in [0.2, 0.25) is 0 Å². The monoisotopic (exact) mass is 338 g/mol. The maximum absolute atomic E-state index is 12.5. The van der Waals surface area contributed by atoms with Gasteiger partial charge in [-0.15, -0.1) is 0 Å². The van der Waals surface area contributed by atoms with Crippen molar-refractivity contribution in [3.8, 4) is 5.75 Å². The number of rotatable bonds is 4. The molecule has 126 valence electrons. The van der Waals surface area contributed by atoms with Gasteiger partial charge in [-0.1, -0.05) is 13.0 Å². The second-order valence-corrected chi connectivity index (χ2v) is 5.32. The summed E-state index contributed by atoms with van der Waals surface area (Å²) in [4.78, 5) is 48.1. The Kier molecular flexibility index (Phi) is 4.06. The van der Waals surface area contributed by atoms with Gasteiger partial charge in [0.05, 0.1) is 22.8 Å². The van der Waals surface area contributed by atoms with Crippen molar-refractivity contribution < 1.29 is 29.0 Å². The molecule has 1 aliphatic rings. The zero-order valence-electron chi connectivity index (χ0n) is 13.1. The molecule has 2 aromatic rings. The van der Waals surface area contributed by atoms with Crippen LogP contribution >= 0.6 is 0 Å². The van der Waals surface area contributed by atoms with E-state index >= 15 is 0 Å². The Morgan fingerprint density at radius 2 is 1.64 bits per heavy atom. The summed E-state index contributed by atoms with van der Waals surface area (Å²) in [5, 5.41) is 10.9. The molecular formula is C18H12NO6-. The van der Waals surface area contributed by atoms with Crippen molar-refractivity contribution >= 4 is 29.4 Å². The van der Waals surface area contributed by atoms with Gasteiger partial charge in [0, 0.05) is 6.42 Å². The average molecular weight is 338 g/mol. The standard InChI is InChI=1S/C18H13NO6/c1-2-15(20)25-12-6-4-11(5-7-12)19-16(21)13-8-3-10(18(23)24)9-14(13)17(19)22/h3-9H,2H2,1H3,(H,23,24)/p-1. The van der Waals surface area contributed by atoms with Crippen LogP contribution in [0.1, 0.15) is 44.4 Å². The van der Waals surface area contributed by atoms with Crippen LogP contribution in [-0.4, -0.2) is 23.8 Å². The van der Waals surface area contributed by atoms with Crippen LogP contribution in [0.2, 0.25) is 0 Å². The van der Waals surface area contributed by atoms with E-state index in [9.17, 15) is 24.3 Å². The van der Waals surface area contributed by atoms with Crippen LogP contribution in [0.25, 0.3) is 0 Å². The summed E-state index contributed by atoms with van der Waals surface area (Å²) in [6, 6.07) is 9.52. The lowest BCUT2D eigenvalue weighted by Crippen LogP contribution is -2.29. The number of nitrogens with zero attached hydrogens (tertiary/aromatic N) is 1. The van der Waals surface area contributed by atoms with Gasteiger partial charge in [0.25, 0.3) is 11.8 Å². The molecule has 1 aliphatic heterocycles. The van der Waals surface area contributed by atoms with E-state index in [0.29, 0.717) is 5.75 Å². The van der Waals surface area contributed by atoms with Crippen LogP contribution in [0.5, 0.6) is 5.75 Å². The molecule has 2 amide bonds. The Hall–Kier alpha value is -3.48. The Morgan fingerprint density at radius 3 is 2.24 bits per heavy atom. The summed E-state index contributed by atoms with van der Waals surface area (Å²) in [7, 11) is 0. The zero-order valence-corrected chi connectivity index (χ0v) is 13.1. The fraction of sp³-hybridized carbons (Fsp3) is 0.111. The maximum atomic E-state index is 12.5. The summed E-state index contributed by atoms with van der Waals surface area (Å²) < 4.78 is 5.04. The highest BCUT2D eigenvalue weighted by Crippen LogP contribution is 2.30. The normalized spacial score (nSPS) is 12.9. The highest BCUT2D eigenvalue weighted by Gasteiger charge is 2.36. The van der Waals surface area contributed by atoms with E-state index in [1.165, 1.54) is 36.4 Å². The fourth-order valence-electron chi connectivity index (χ4n) is 2.47. The van der Waals surface area contributed by atoms with Crippen molar-refractivity contribution in [1.82, 2.24) is 0 Å². The van der Waals surface area contributed by atoms with E-state index in [2.05, 4.69) is 0 Å². The van der Waals surface area contributed by atoms with E-state index < -0.39 is 23.8 Å². The third-order valence-corrected chi connectivity index (χ3v) is 3.74. The molecule has 7 nitrogen and oxygen atoms in total. The lowest BCUT2D eigenvalue weighted by molar-refractivity contribution is -0.255. The lowest BCUT2D eigenvalue weighted by atomic mass is 10.1. The van der Waals surface area contributed by atoms with Crippen molar-refractivity contribution in [2.24, 2.45) is 0 Å². The lowest BCUT2D eigenvalue weighted by Gasteiger charge is -2.14. The molecule has 1 heterocycles. The number of hydrogen-bond acceptors (Lipinski definition) is 6. The molecule has 0 atom stereocenters. The Morgan fingerprint density at radius 1 is 1.00 bits per heavy atom. The number of ether oxygens (including phenoxy) is 1. The molecule has 0 spiro atoms. The predicted octanol–water partition coefficient (Wildman–Crippen LogP) is 1.17. The Balaban J connectivity index is 1.91. The highest BCUT2D eigenvalue weighted by molar-refractivity contribution is 6.34. The predicted molar refractivity (Wildman–Crippen MR) is 84.3 cm³/mol. The zero-order chi connectivity index (χ0) is 18.1. The van der Waals surface area contributed by atoms with Gasteiger partial charge in [-0.3, -0.25) is 14.4 Å². The highest BCUT2D eigenvalue weighted by atomic mass is 16.5. The molecule has 0 aliphatic carbocycles. The van der Waals surface area contributed by atoms with E-state index in [0.717, 1.165) is 11.0 Å². The van der Waals surface area contributed by atoms with Crippen molar-refractivity contribution in [2.45, 2.75) is 13.3 Å². The topological polar surface area (TPSA) is 104 Å². The summed E-state index contributed by atoms with van der Waals surface area (Å²) in [5.41, 5.74) is 0.241. The number of amides is 2. The van der Waals surface area contributed by atoms with Gasteiger partial charge in [-0.05, 0) is 42.0 Å². The number of benzene rings is 2. The molecule has 0 bridgehead atoms. The molecule has 7 heteroatoms. The van der Waals surface area contributed by atoms with Gasteiger partial charge in [0.1, 0.15) is 5.75 Å². The minimum Gasteiger partial charge on any atom is -0.545 e. The maximum Gasteiger partial charge on any atom is 0.310 e. The first-order valence-electron chi connectivity index (χ1n) is 7.47. The molecular weight excluding hydrogens is 326 g/mol. The van der Waals surface area contributed by atoms with Gasteiger partial charge in [-0.25, -0.2) is 4.90 Å². The minimum absolute atomic E-state index is 0.00758. The molecule has 0 unspecified atom stereocenters. The van der Waals surface area contributed by atoms with Crippen molar-refractivity contribution in [1.29, 1.82) is 0 Å². The van der Waals surface area contributed by atoms with E-state index in [-0.39, 0.29) is 28.8 Å². The van der Waals surface area contributed by atoms with Crippen LogP contribution < -0.4 is 14.7 Å². The van der Waals surface area contributed by atoms with Gasteiger partial charge >= 0.3 is 5.97 Å². The van der Waals surface area contributed by atoms with E-state index in [1.54, 1.807) is 6.92 Å². The van der Waals surface area contributed by atoms with Gasteiger partial charge in [-0.2, -0.15) is 0 Å². The Bertz CT molecular complexity index is 900. The van der Waals surface area contributed by atoms with Crippen LogP contribution in [0, 0.1) is 0 Å². The number of aromatic carboxylic acids is 1. The quantitative estimate of drug-likeness (QED) is 0.471. The first kappa shape index (κ1) is 16.4. The largest absolute Gasteiger partial charge is 0.545 e. The van der Waals surface area contributed by atoms with Crippen LogP contribution in [0.15, 0.2) is 42.5 Å². The first-order valence-corrected chi connectivity index (χ1v) is 7.47. The number of carboxylic acids is 1. The van der Waals surface area contributed by atoms with Crippen LogP contribution in [-0.2, 0) is 4.79 Å². The fourth-order valence-corrected chi connectivity index (χ4v) is 2.47. The van der Waals surface area contributed by atoms with Gasteiger partial charge in [0.15, 0.2) is 0 Å². The third kappa shape index (κ3) is 2.87. The molecule has 0 N–H and O–H groups in total. The van der Waals surface area contributed by atoms with E-state index in [1.807, 2.05) is 0 Å². The van der Waals surface area contributed by atoms with Crippen LogP contribution in [0.4, 0.5) is 5.69 Å². The molecule has 25 heavy (non-hydrogen) atoms. The Labute approximate surface area is 142 Å². The molecule has 0 fully saturated rings. The number of imide groups is 1. The smallest absolute Gasteiger partial charge is 0.310 e. The summed E-state index contributed by atoms with van der Waals surface area (Å²) in [6.07, 6.45) is 0.223. The minimum atomic E-state index is -1.43. The molecule has 0 saturated carbocycles.